The van der Waals surface area contributed by atoms with E-state index in [9.17, 15) is 0 Å². The number of fused-ring (bicyclic) bond motifs is 3. The van der Waals surface area contributed by atoms with E-state index < -0.39 is 0 Å². The Hall–Kier alpha value is -2.72. The van der Waals surface area contributed by atoms with Crippen LogP contribution in [-0.4, -0.2) is 24.7 Å². The molecule has 0 spiro atoms. The molecule has 0 unspecified atom stereocenters. The number of hydrogen-bond donors (Lipinski definition) is 3. The third kappa shape index (κ3) is 2.47. The number of anilines is 1. The summed E-state index contributed by atoms with van der Waals surface area (Å²) in [5.74, 6) is 1.94. The van der Waals surface area contributed by atoms with Crippen LogP contribution < -0.4 is 15.8 Å². The predicted molar refractivity (Wildman–Crippen MR) is 94.9 cm³/mol. The average Bonchev–Trinajstić information content (AvgIpc) is 2.99. The highest BCUT2D eigenvalue weighted by Gasteiger charge is 2.19. The van der Waals surface area contributed by atoms with Gasteiger partial charge in [-0.05, 0) is 29.3 Å². The molecule has 0 saturated carbocycles. The number of nitrogens with two attached hydrogens (primary N) is 1. The summed E-state index contributed by atoms with van der Waals surface area (Å²) in [5, 5.41) is 4.65. The highest BCUT2D eigenvalue weighted by Crippen LogP contribution is 2.38. The summed E-state index contributed by atoms with van der Waals surface area (Å²) in [5.41, 5.74) is 10.3. The van der Waals surface area contributed by atoms with E-state index in [2.05, 4.69) is 52.8 Å². The zero-order valence-corrected chi connectivity index (χ0v) is 12.8. The Balaban J connectivity index is 1.80. The van der Waals surface area contributed by atoms with Gasteiger partial charge in [0, 0.05) is 29.6 Å². The van der Waals surface area contributed by atoms with Crippen molar-refractivity contribution < 1.29 is 4.74 Å². The van der Waals surface area contributed by atoms with E-state index in [4.69, 9.17) is 10.5 Å². The number of H-pyrrole nitrogens is 1. The number of aromatic amines is 1. The molecule has 116 valence electrons. The van der Waals surface area contributed by atoms with Crippen LogP contribution in [0, 0.1) is 0 Å². The molecular weight excluding hydrogens is 286 g/mol. The summed E-state index contributed by atoms with van der Waals surface area (Å²) in [6.07, 6.45) is 2.23. The van der Waals surface area contributed by atoms with Crippen molar-refractivity contribution in [2.75, 3.05) is 25.0 Å². The van der Waals surface area contributed by atoms with Crippen LogP contribution in [0.5, 0.6) is 5.75 Å². The highest BCUT2D eigenvalue weighted by atomic mass is 16.5. The van der Waals surface area contributed by atoms with Crippen LogP contribution in [0.25, 0.3) is 16.5 Å². The van der Waals surface area contributed by atoms with Crippen LogP contribution in [0.3, 0.4) is 0 Å². The molecule has 0 bridgehead atoms. The molecule has 0 aliphatic carbocycles. The molecule has 4 heteroatoms. The van der Waals surface area contributed by atoms with Gasteiger partial charge in [-0.1, -0.05) is 36.4 Å². The van der Waals surface area contributed by atoms with Crippen LogP contribution in [0.1, 0.15) is 11.1 Å². The van der Waals surface area contributed by atoms with E-state index in [0.717, 1.165) is 29.2 Å². The first-order valence-corrected chi connectivity index (χ1v) is 7.85. The van der Waals surface area contributed by atoms with Crippen molar-refractivity contribution in [2.45, 2.75) is 0 Å². The Morgan fingerprint density at radius 1 is 1.09 bits per heavy atom. The zero-order valence-electron chi connectivity index (χ0n) is 12.8. The average molecular weight is 305 g/mol. The Labute approximate surface area is 135 Å². The van der Waals surface area contributed by atoms with E-state index in [1.54, 1.807) is 0 Å². The maximum absolute atomic E-state index is 5.67. The Bertz CT molecular complexity index is 879. The van der Waals surface area contributed by atoms with Crippen LogP contribution in [0.2, 0.25) is 0 Å². The Kier molecular flexibility index (Phi) is 3.52. The van der Waals surface area contributed by atoms with Crippen molar-refractivity contribution in [3.63, 3.8) is 0 Å². The van der Waals surface area contributed by atoms with Crippen molar-refractivity contribution >= 4 is 22.3 Å². The number of para-hydroxylation sites is 1. The standard InChI is InChI=1S/C19H19N3O/c20-9-11-23-14-5-3-4-13(12-14)15-8-10-21-19-18(15)16-6-1-2-7-17(16)22-19/h1-8,12,21-22H,9-11,20H2. The number of nitrogens with one attached hydrogen (secondary N) is 2. The third-order valence-corrected chi connectivity index (χ3v) is 4.09. The largest absolute Gasteiger partial charge is 0.492 e. The fourth-order valence-corrected chi connectivity index (χ4v) is 3.10. The monoisotopic (exact) mass is 305 g/mol. The highest BCUT2D eigenvalue weighted by molar-refractivity contribution is 6.03. The second-order valence-corrected chi connectivity index (χ2v) is 5.58. The lowest BCUT2D eigenvalue weighted by Crippen LogP contribution is -2.11. The predicted octanol–water partition coefficient (Wildman–Crippen LogP) is 3.36. The first kappa shape index (κ1) is 13.9. The molecule has 0 amide bonds. The summed E-state index contributed by atoms with van der Waals surface area (Å²) in [7, 11) is 0. The zero-order chi connectivity index (χ0) is 15.6. The van der Waals surface area contributed by atoms with Gasteiger partial charge >= 0.3 is 0 Å². The first-order valence-electron chi connectivity index (χ1n) is 7.85. The van der Waals surface area contributed by atoms with Gasteiger partial charge in [0.05, 0.1) is 0 Å². The van der Waals surface area contributed by atoms with Gasteiger partial charge in [-0.25, -0.2) is 0 Å². The second kappa shape index (κ2) is 5.82. The van der Waals surface area contributed by atoms with Gasteiger partial charge in [-0.2, -0.15) is 0 Å². The Morgan fingerprint density at radius 2 is 2.00 bits per heavy atom. The number of ether oxygens (including phenoxy) is 1. The minimum absolute atomic E-state index is 0.517. The van der Waals surface area contributed by atoms with E-state index in [1.165, 1.54) is 16.5 Å². The molecule has 0 atom stereocenters. The topological polar surface area (TPSA) is 63.1 Å². The minimum Gasteiger partial charge on any atom is -0.492 e. The fraction of sp³-hybridized carbons (Fsp3) is 0.158. The number of benzene rings is 2. The van der Waals surface area contributed by atoms with E-state index in [0.29, 0.717) is 13.2 Å². The molecule has 0 fully saturated rings. The lowest BCUT2D eigenvalue weighted by molar-refractivity contribution is 0.328. The molecule has 23 heavy (non-hydrogen) atoms. The summed E-state index contributed by atoms with van der Waals surface area (Å²) in [4.78, 5) is 3.46. The summed E-state index contributed by atoms with van der Waals surface area (Å²) in [6, 6.07) is 16.6. The molecular formula is C19H19N3O. The van der Waals surface area contributed by atoms with Crippen molar-refractivity contribution in [2.24, 2.45) is 5.73 Å². The lowest BCUT2D eigenvalue weighted by atomic mass is 9.94. The molecule has 4 N–H and O–H groups in total. The second-order valence-electron chi connectivity index (χ2n) is 5.58. The van der Waals surface area contributed by atoms with Gasteiger partial charge in [0.2, 0.25) is 0 Å². The van der Waals surface area contributed by atoms with Crippen molar-refractivity contribution in [3.8, 4) is 5.75 Å². The molecule has 3 aromatic rings. The maximum atomic E-state index is 5.67. The van der Waals surface area contributed by atoms with Crippen molar-refractivity contribution in [3.05, 3.63) is 65.7 Å². The van der Waals surface area contributed by atoms with Gasteiger partial charge in [0.25, 0.3) is 0 Å². The molecule has 4 nitrogen and oxygen atoms in total. The lowest BCUT2D eigenvalue weighted by Gasteiger charge is -2.17. The quantitative estimate of drug-likeness (QED) is 0.692. The number of hydrogen-bond acceptors (Lipinski definition) is 3. The molecule has 2 aromatic carbocycles. The van der Waals surface area contributed by atoms with Crippen molar-refractivity contribution in [1.82, 2.24) is 4.98 Å². The molecule has 0 saturated heterocycles. The number of rotatable bonds is 4. The van der Waals surface area contributed by atoms with Gasteiger partial charge in [0.1, 0.15) is 18.2 Å². The Morgan fingerprint density at radius 3 is 2.91 bits per heavy atom. The molecule has 1 aliphatic rings. The molecule has 2 heterocycles. The molecule has 1 aromatic heterocycles. The maximum Gasteiger partial charge on any atom is 0.119 e. The van der Waals surface area contributed by atoms with Crippen LogP contribution in [-0.2, 0) is 0 Å². The first-order chi connectivity index (χ1) is 11.4. The van der Waals surface area contributed by atoms with Gasteiger partial charge in [-0.3, -0.25) is 0 Å². The normalized spacial score (nSPS) is 13.3. The minimum atomic E-state index is 0.517. The summed E-state index contributed by atoms with van der Waals surface area (Å²) < 4.78 is 5.67. The fourth-order valence-electron chi connectivity index (χ4n) is 3.10. The van der Waals surface area contributed by atoms with Gasteiger partial charge in [-0.15, -0.1) is 0 Å². The van der Waals surface area contributed by atoms with Gasteiger partial charge in [0.15, 0.2) is 0 Å². The van der Waals surface area contributed by atoms with E-state index in [1.807, 2.05) is 12.1 Å². The van der Waals surface area contributed by atoms with Gasteiger partial charge < -0.3 is 20.8 Å². The summed E-state index contributed by atoms with van der Waals surface area (Å²) >= 11 is 0. The third-order valence-electron chi connectivity index (χ3n) is 4.09. The smallest absolute Gasteiger partial charge is 0.119 e. The van der Waals surface area contributed by atoms with E-state index in [-0.39, 0.29) is 0 Å². The molecule has 4 rings (SSSR count). The SMILES string of the molecule is NCCOc1cccc(C2=CCNc3[nH]c4ccccc4c32)c1. The molecule has 0 radical (unpaired) electrons. The summed E-state index contributed by atoms with van der Waals surface area (Å²) in [6.45, 7) is 1.86. The van der Waals surface area contributed by atoms with Crippen molar-refractivity contribution in [1.29, 1.82) is 0 Å². The number of aromatic nitrogens is 1. The van der Waals surface area contributed by atoms with E-state index >= 15 is 0 Å². The van der Waals surface area contributed by atoms with Crippen LogP contribution in [0.15, 0.2) is 54.6 Å². The molecule has 1 aliphatic heterocycles. The van der Waals surface area contributed by atoms with Crippen LogP contribution >= 0.6 is 0 Å². The van der Waals surface area contributed by atoms with Crippen LogP contribution in [0.4, 0.5) is 5.82 Å².